The Morgan fingerprint density at radius 1 is 1.00 bits per heavy atom. The minimum Gasteiger partial charge on any atom is -0.495 e. The number of anilines is 1. The van der Waals surface area contributed by atoms with Crippen LogP contribution in [0.1, 0.15) is 11.1 Å². The van der Waals surface area contributed by atoms with Gasteiger partial charge in [0.15, 0.2) is 0 Å². The first-order valence-corrected chi connectivity index (χ1v) is 8.04. The van der Waals surface area contributed by atoms with Gasteiger partial charge < -0.3 is 14.8 Å². The van der Waals surface area contributed by atoms with Crippen LogP contribution in [0.2, 0.25) is 0 Å². The third kappa shape index (κ3) is 3.92. The lowest BCUT2D eigenvalue weighted by Gasteiger charge is -2.13. The summed E-state index contributed by atoms with van der Waals surface area (Å²) in [5.74, 6) is 1.64. The molecule has 2 aromatic carbocycles. The first-order valence-electron chi connectivity index (χ1n) is 6.45. The monoisotopic (exact) mass is 413 g/mol. The van der Waals surface area contributed by atoms with Crippen LogP contribution in [0, 0.1) is 6.92 Å². The highest BCUT2D eigenvalue weighted by molar-refractivity contribution is 9.11. The number of ether oxygens (including phenoxy) is 2. The largest absolute Gasteiger partial charge is 0.495 e. The Balaban J connectivity index is 2.19. The van der Waals surface area contributed by atoms with Gasteiger partial charge >= 0.3 is 0 Å². The molecule has 0 aromatic heterocycles. The Hall–Kier alpha value is -1.20. The number of halogens is 2. The van der Waals surface area contributed by atoms with Gasteiger partial charge in [-0.15, -0.1) is 0 Å². The zero-order valence-electron chi connectivity index (χ0n) is 12.2. The van der Waals surface area contributed by atoms with E-state index in [0.29, 0.717) is 6.54 Å². The van der Waals surface area contributed by atoms with Crippen LogP contribution in [-0.2, 0) is 6.54 Å². The summed E-state index contributed by atoms with van der Waals surface area (Å²) in [6, 6.07) is 10.2. The van der Waals surface area contributed by atoms with E-state index in [9.17, 15) is 0 Å². The van der Waals surface area contributed by atoms with Gasteiger partial charge in [0, 0.05) is 6.54 Å². The molecule has 0 saturated carbocycles. The van der Waals surface area contributed by atoms with Crippen LogP contribution >= 0.6 is 31.9 Å². The van der Waals surface area contributed by atoms with E-state index in [0.717, 1.165) is 31.7 Å². The maximum absolute atomic E-state index is 5.37. The molecule has 0 aliphatic rings. The summed E-state index contributed by atoms with van der Waals surface area (Å²) >= 11 is 7.03. The van der Waals surface area contributed by atoms with Crippen molar-refractivity contribution in [2.24, 2.45) is 0 Å². The molecule has 21 heavy (non-hydrogen) atoms. The Morgan fingerprint density at radius 3 is 2.24 bits per heavy atom. The molecule has 0 aliphatic carbocycles. The van der Waals surface area contributed by atoms with E-state index in [1.807, 2.05) is 24.3 Å². The summed E-state index contributed by atoms with van der Waals surface area (Å²) in [5, 5.41) is 3.41. The van der Waals surface area contributed by atoms with Gasteiger partial charge in [-0.1, -0.05) is 6.07 Å². The van der Waals surface area contributed by atoms with Crippen LogP contribution in [0.4, 0.5) is 5.69 Å². The van der Waals surface area contributed by atoms with Crippen molar-refractivity contribution in [3.8, 4) is 11.5 Å². The van der Waals surface area contributed by atoms with Crippen molar-refractivity contribution < 1.29 is 9.47 Å². The van der Waals surface area contributed by atoms with Crippen LogP contribution in [0.5, 0.6) is 11.5 Å². The van der Waals surface area contributed by atoms with E-state index in [2.05, 4.69) is 50.2 Å². The van der Waals surface area contributed by atoms with Crippen molar-refractivity contribution in [1.29, 1.82) is 0 Å². The SMILES string of the molecule is COc1ccc(C)cc1NCc1cc(Br)c(OC)c(Br)c1. The minimum atomic E-state index is 0.695. The average molecular weight is 415 g/mol. The second-order valence-electron chi connectivity index (χ2n) is 4.65. The summed E-state index contributed by atoms with van der Waals surface area (Å²) in [4.78, 5) is 0. The molecule has 5 heteroatoms. The number of rotatable bonds is 5. The summed E-state index contributed by atoms with van der Waals surface area (Å²) in [6.07, 6.45) is 0. The van der Waals surface area contributed by atoms with Gasteiger partial charge in [0.1, 0.15) is 11.5 Å². The van der Waals surface area contributed by atoms with Crippen LogP contribution in [0.3, 0.4) is 0 Å². The number of hydrogen-bond donors (Lipinski definition) is 1. The van der Waals surface area contributed by atoms with E-state index in [1.54, 1.807) is 14.2 Å². The molecular weight excluding hydrogens is 398 g/mol. The van der Waals surface area contributed by atoms with Crippen molar-refractivity contribution in [3.05, 3.63) is 50.4 Å². The lowest BCUT2D eigenvalue weighted by atomic mass is 10.2. The predicted octanol–water partition coefficient (Wildman–Crippen LogP) is 5.15. The standard InChI is InChI=1S/C16H17Br2NO2/c1-10-4-5-15(20-2)14(6-10)19-9-11-7-12(17)16(21-3)13(18)8-11/h4-8,19H,9H2,1-3H3. The Bertz CT molecular complexity index is 621. The summed E-state index contributed by atoms with van der Waals surface area (Å²) in [7, 11) is 3.33. The van der Waals surface area contributed by atoms with E-state index in [1.165, 1.54) is 5.56 Å². The Kier molecular flexibility index (Phi) is 5.53. The summed E-state index contributed by atoms with van der Waals surface area (Å²) in [6.45, 7) is 2.76. The molecule has 0 heterocycles. The minimum absolute atomic E-state index is 0.695. The highest BCUT2D eigenvalue weighted by Gasteiger charge is 2.09. The number of hydrogen-bond acceptors (Lipinski definition) is 3. The fraction of sp³-hybridized carbons (Fsp3) is 0.250. The summed E-state index contributed by atoms with van der Waals surface area (Å²) < 4.78 is 12.5. The maximum Gasteiger partial charge on any atom is 0.147 e. The van der Waals surface area contributed by atoms with Gasteiger partial charge in [0.2, 0.25) is 0 Å². The average Bonchev–Trinajstić information content (AvgIpc) is 2.45. The maximum atomic E-state index is 5.37. The second-order valence-corrected chi connectivity index (χ2v) is 6.36. The van der Waals surface area contributed by atoms with Crippen molar-refractivity contribution in [1.82, 2.24) is 0 Å². The van der Waals surface area contributed by atoms with Crippen molar-refractivity contribution in [3.63, 3.8) is 0 Å². The second kappa shape index (κ2) is 7.18. The van der Waals surface area contributed by atoms with E-state index in [-0.39, 0.29) is 0 Å². The predicted molar refractivity (Wildman–Crippen MR) is 93.5 cm³/mol. The molecule has 0 amide bonds. The molecule has 0 atom stereocenters. The zero-order chi connectivity index (χ0) is 15.4. The van der Waals surface area contributed by atoms with Crippen LogP contribution < -0.4 is 14.8 Å². The lowest BCUT2D eigenvalue weighted by molar-refractivity contribution is 0.409. The van der Waals surface area contributed by atoms with Gasteiger partial charge in [-0.25, -0.2) is 0 Å². The molecule has 0 bridgehead atoms. The van der Waals surface area contributed by atoms with E-state index >= 15 is 0 Å². The van der Waals surface area contributed by atoms with Gasteiger partial charge in [0.05, 0.1) is 28.9 Å². The fourth-order valence-corrected chi connectivity index (χ4v) is 3.67. The molecule has 0 spiro atoms. The topological polar surface area (TPSA) is 30.5 Å². The molecule has 112 valence electrons. The fourth-order valence-electron chi connectivity index (χ4n) is 2.07. The first kappa shape index (κ1) is 16.2. The van der Waals surface area contributed by atoms with Crippen LogP contribution in [0.15, 0.2) is 39.3 Å². The molecule has 0 radical (unpaired) electrons. The third-order valence-corrected chi connectivity index (χ3v) is 4.28. The number of nitrogens with one attached hydrogen (secondary N) is 1. The molecule has 2 rings (SSSR count). The van der Waals surface area contributed by atoms with Crippen LogP contribution in [0.25, 0.3) is 0 Å². The highest BCUT2D eigenvalue weighted by Crippen LogP contribution is 2.35. The molecule has 2 aromatic rings. The molecule has 0 saturated heterocycles. The number of methoxy groups -OCH3 is 2. The van der Waals surface area contributed by atoms with Gasteiger partial charge in [-0.2, -0.15) is 0 Å². The van der Waals surface area contributed by atoms with Gasteiger partial charge in [-0.3, -0.25) is 0 Å². The lowest BCUT2D eigenvalue weighted by Crippen LogP contribution is -2.02. The molecule has 0 unspecified atom stereocenters. The highest BCUT2D eigenvalue weighted by atomic mass is 79.9. The van der Waals surface area contributed by atoms with E-state index in [4.69, 9.17) is 9.47 Å². The summed E-state index contributed by atoms with van der Waals surface area (Å²) in [5.41, 5.74) is 3.31. The third-order valence-electron chi connectivity index (χ3n) is 3.10. The van der Waals surface area contributed by atoms with Crippen molar-refractivity contribution >= 4 is 37.5 Å². The molecular formula is C16H17Br2NO2. The molecule has 1 N–H and O–H groups in total. The number of benzene rings is 2. The molecule has 3 nitrogen and oxygen atoms in total. The number of aryl methyl sites for hydroxylation is 1. The smallest absolute Gasteiger partial charge is 0.147 e. The van der Waals surface area contributed by atoms with E-state index < -0.39 is 0 Å². The molecule has 0 aliphatic heterocycles. The Morgan fingerprint density at radius 2 is 1.67 bits per heavy atom. The Labute approximate surface area is 141 Å². The van der Waals surface area contributed by atoms with Gasteiger partial charge in [-0.05, 0) is 74.2 Å². The quantitative estimate of drug-likeness (QED) is 0.733. The van der Waals surface area contributed by atoms with Crippen molar-refractivity contribution in [2.45, 2.75) is 13.5 Å². The van der Waals surface area contributed by atoms with Gasteiger partial charge in [0.25, 0.3) is 0 Å². The first-order chi connectivity index (χ1) is 10.0. The molecule has 0 fully saturated rings. The van der Waals surface area contributed by atoms with Crippen LogP contribution in [-0.4, -0.2) is 14.2 Å². The zero-order valence-corrected chi connectivity index (χ0v) is 15.3. The normalized spacial score (nSPS) is 10.3. The van der Waals surface area contributed by atoms with Crippen molar-refractivity contribution in [2.75, 3.05) is 19.5 Å².